The highest BCUT2D eigenvalue weighted by Gasteiger charge is 2.17. The fourth-order valence-corrected chi connectivity index (χ4v) is 2.72. The summed E-state index contributed by atoms with van der Waals surface area (Å²) in [6.45, 7) is 5.48. The number of thiophene rings is 1. The molecule has 0 radical (unpaired) electrons. The van der Waals surface area contributed by atoms with Crippen molar-refractivity contribution in [3.63, 3.8) is 0 Å². The zero-order valence-electron chi connectivity index (χ0n) is 10.4. The van der Waals surface area contributed by atoms with E-state index in [1.165, 1.54) is 11.3 Å². The lowest BCUT2D eigenvalue weighted by Gasteiger charge is -2.19. The molecule has 0 bridgehead atoms. The summed E-state index contributed by atoms with van der Waals surface area (Å²) in [5.74, 6) is 0. The number of halogens is 1. The molecular weight excluding hydrogens is 270 g/mol. The zero-order chi connectivity index (χ0) is 13.3. The number of benzene rings is 1. The number of carbonyl (C=O) groups is 1. The van der Waals surface area contributed by atoms with Gasteiger partial charge in [-0.2, -0.15) is 0 Å². The summed E-state index contributed by atoms with van der Waals surface area (Å²) in [4.78, 5) is 11.7. The van der Waals surface area contributed by atoms with E-state index in [2.05, 4.69) is 5.32 Å². The van der Waals surface area contributed by atoms with Gasteiger partial charge in [0.05, 0.1) is 10.0 Å². The molecule has 18 heavy (non-hydrogen) atoms. The number of nitrogens with one attached hydrogen (secondary N) is 1. The van der Waals surface area contributed by atoms with Gasteiger partial charge in [-0.15, -0.1) is 11.3 Å². The van der Waals surface area contributed by atoms with Crippen molar-refractivity contribution in [3.8, 4) is 0 Å². The Balaban J connectivity index is 2.24. The molecule has 1 aromatic heterocycles. The van der Waals surface area contributed by atoms with E-state index in [1.54, 1.807) is 0 Å². The number of fused-ring (bicyclic) bond motifs is 1. The van der Waals surface area contributed by atoms with E-state index in [0.29, 0.717) is 10.0 Å². The highest BCUT2D eigenvalue weighted by atomic mass is 35.5. The average Bonchev–Trinajstić information content (AvgIpc) is 2.56. The second-order valence-electron chi connectivity index (χ2n) is 4.89. The van der Waals surface area contributed by atoms with Gasteiger partial charge in [0, 0.05) is 10.1 Å². The summed E-state index contributed by atoms with van der Waals surface area (Å²) in [7, 11) is 0. The summed E-state index contributed by atoms with van der Waals surface area (Å²) >= 11 is 7.45. The number of amides is 1. The van der Waals surface area contributed by atoms with E-state index in [1.807, 2.05) is 45.0 Å². The second-order valence-corrected chi connectivity index (χ2v) is 6.61. The minimum Gasteiger partial charge on any atom is -0.444 e. The molecule has 0 unspecified atom stereocenters. The molecule has 0 spiro atoms. The van der Waals surface area contributed by atoms with Crippen molar-refractivity contribution in [2.45, 2.75) is 26.4 Å². The lowest BCUT2D eigenvalue weighted by molar-refractivity contribution is 0.0636. The topological polar surface area (TPSA) is 38.3 Å². The van der Waals surface area contributed by atoms with Gasteiger partial charge in [-0.3, -0.25) is 5.32 Å². The van der Waals surface area contributed by atoms with Gasteiger partial charge in [-0.25, -0.2) is 4.79 Å². The Morgan fingerprint density at radius 3 is 2.78 bits per heavy atom. The molecule has 1 amide bonds. The van der Waals surface area contributed by atoms with E-state index in [9.17, 15) is 4.79 Å². The van der Waals surface area contributed by atoms with Crippen LogP contribution in [0.25, 0.3) is 10.1 Å². The molecule has 0 fully saturated rings. The van der Waals surface area contributed by atoms with Crippen molar-refractivity contribution >= 4 is 44.8 Å². The van der Waals surface area contributed by atoms with Crippen LogP contribution < -0.4 is 5.32 Å². The summed E-state index contributed by atoms with van der Waals surface area (Å²) < 4.78 is 6.95. The van der Waals surface area contributed by atoms with E-state index in [4.69, 9.17) is 16.3 Å². The van der Waals surface area contributed by atoms with Crippen molar-refractivity contribution < 1.29 is 9.53 Å². The van der Waals surface area contributed by atoms with E-state index in [0.717, 1.165) is 10.1 Å². The molecule has 2 rings (SSSR count). The molecule has 0 atom stereocenters. The maximum atomic E-state index is 11.7. The maximum absolute atomic E-state index is 11.7. The summed E-state index contributed by atoms with van der Waals surface area (Å²) in [6.07, 6.45) is -0.461. The smallest absolute Gasteiger partial charge is 0.412 e. The van der Waals surface area contributed by atoms with Crippen LogP contribution in [0.1, 0.15) is 20.8 Å². The number of ether oxygens (including phenoxy) is 1. The molecule has 0 saturated carbocycles. The number of carbonyl (C=O) groups excluding carboxylic acids is 1. The molecule has 1 heterocycles. The van der Waals surface area contributed by atoms with Crippen LogP contribution in [-0.2, 0) is 4.74 Å². The Morgan fingerprint density at radius 1 is 1.39 bits per heavy atom. The van der Waals surface area contributed by atoms with Gasteiger partial charge in [0.1, 0.15) is 5.60 Å². The number of hydrogen-bond donors (Lipinski definition) is 1. The second kappa shape index (κ2) is 4.78. The molecule has 0 aliphatic carbocycles. The van der Waals surface area contributed by atoms with Gasteiger partial charge in [-0.05, 0) is 39.0 Å². The van der Waals surface area contributed by atoms with Crippen molar-refractivity contribution in [2.24, 2.45) is 0 Å². The van der Waals surface area contributed by atoms with Crippen LogP contribution >= 0.6 is 22.9 Å². The molecule has 96 valence electrons. The predicted octanol–water partition coefficient (Wildman–Crippen LogP) is 4.90. The van der Waals surface area contributed by atoms with E-state index in [-0.39, 0.29) is 0 Å². The first-order chi connectivity index (χ1) is 8.35. The molecule has 3 nitrogen and oxygen atoms in total. The van der Waals surface area contributed by atoms with Crippen LogP contribution in [0.2, 0.25) is 4.34 Å². The Labute approximate surface area is 115 Å². The third-order valence-corrected chi connectivity index (χ3v) is 3.40. The SMILES string of the molecule is CC(C)(C)OC(=O)Nc1cccc2sc(Cl)cc12. The van der Waals surface area contributed by atoms with Gasteiger partial charge >= 0.3 is 6.09 Å². The third kappa shape index (κ3) is 3.15. The van der Waals surface area contributed by atoms with Crippen LogP contribution in [0.5, 0.6) is 0 Å². The largest absolute Gasteiger partial charge is 0.444 e. The minimum absolute atomic E-state index is 0.461. The van der Waals surface area contributed by atoms with E-state index >= 15 is 0 Å². The molecule has 0 saturated heterocycles. The third-order valence-electron chi connectivity index (χ3n) is 2.17. The van der Waals surface area contributed by atoms with Gasteiger partial charge in [-0.1, -0.05) is 17.7 Å². The van der Waals surface area contributed by atoms with Crippen LogP contribution in [0.4, 0.5) is 10.5 Å². The van der Waals surface area contributed by atoms with Gasteiger partial charge < -0.3 is 4.74 Å². The lowest BCUT2D eigenvalue weighted by atomic mass is 10.2. The Hall–Kier alpha value is -1.26. The standard InChI is InChI=1S/C13H14ClNO2S/c1-13(2,3)17-12(16)15-9-5-4-6-10-8(9)7-11(14)18-10/h4-7H,1-3H3,(H,15,16). The number of rotatable bonds is 1. The van der Waals surface area contributed by atoms with Crippen molar-refractivity contribution in [2.75, 3.05) is 5.32 Å². The van der Waals surface area contributed by atoms with Crippen LogP contribution in [0, 0.1) is 0 Å². The Morgan fingerprint density at radius 2 is 2.11 bits per heavy atom. The predicted molar refractivity (Wildman–Crippen MR) is 76.7 cm³/mol. The average molecular weight is 284 g/mol. The van der Waals surface area contributed by atoms with Crippen molar-refractivity contribution in [1.82, 2.24) is 0 Å². The molecule has 1 aromatic carbocycles. The Kier molecular flexibility index (Phi) is 3.50. The van der Waals surface area contributed by atoms with Crippen molar-refractivity contribution in [3.05, 3.63) is 28.6 Å². The van der Waals surface area contributed by atoms with Crippen LogP contribution in [0.3, 0.4) is 0 Å². The number of hydrogen-bond acceptors (Lipinski definition) is 3. The molecule has 1 N–H and O–H groups in total. The Bertz CT molecular complexity index is 586. The zero-order valence-corrected chi connectivity index (χ0v) is 12.0. The molecule has 5 heteroatoms. The summed E-state index contributed by atoms with van der Waals surface area (Å²) in [5.41, 5.74) is 0.203. The summed E-state index contributed by atoms with van der Waals surface area (Å²) in [6, 6.07) is 7.51. The monoisotopic (exact) mass is 283 g/mol. The summed E-state index contributed by atoms with van der Waals surface area (Å²) in [5, 5.41) is 3.67. The molecular formula is C13H14ClNO2S. The molecule has 0 aliphatic rings. The molecule has 2 aromatic rings. The van der Waals surface area contributed by atoms with Gasteiger partial charge in [0.2, 0.25) is 0 Å². The maximum Gasteiger partial charge on any atom is 0.412 e. The first-order valence-electron chi connectivity index (χ1n) is 5.53. The quantitative estimate of drug-likeness (QED) is 0.808. The van der Waals surface area contributed by atoms with Gasteiger partial charge in [0.15, 0.2) is 0 Å². The van der Waals surface area contributed by atoms with Crippen molar-refractivity contribution in [1.29, 1.82) is 0 Å². The normalized spacial score (nSPS) is 11.6. The van der Waals surface area contributed by atoms with E-state index < -0.39 is 11.7 Å². The first kappa shape index (κ1) is 13.2. The highest BCUT2D eigenvalue weighted by Crippen LogP contribution is 2.34. The molecule has 0 aliphatic heterocycles. The van der Waals surface area contributed by atoms with Crippen LogP contribution in [0.15, 0.2) is 24.3 Å². The van der Waals surface area contributed by atoms with Gasteiger partial charge in [0.25, 0.3) is 0 Å². The fourth-order valence-electron chi connectivity index (χ4n) is 1.55. The number of anilines is 1. The lowest BCUT2D eigenvalue weighted by Crippen LogP contribution is -2.27. The highest BCUT2D eigenvalue weighted by molar-refractivity contribution is 7.22. The fraction of sp³-hybridized carbons (Fsp3) is 0.308. The first-order valence-corrected chi connectivity index (χ1v) is 6.73. The van der Waals surface area contributed by atoms with Crippen LogP contribution in [-0.4, -0.2) is 11.7 Å². The minimum atomic E-state index is -0.510.